The monoisotopic (exact) mass is 311 g/mol. The molecular formula is C17H21N5O. The van der Waals surface area contributed by atoms with Crippen LogP contribution >= 0.6 is 0 Å². The number of pyridine rings is 2. The second-order valence-electron chi connectivity index (χ2n) is 5.32. The van der Waals surface area contributed by atoms with Gasteiger partial charge in [0.2, 0.25) is 0 Å². The Morgan fingerprint density at radius 3 is 2.78 bits per heavy atom. The van der Waals surface area contributed by atoms with E-state index < -0.39 is 0 Å². The fraction of sp³-hybridized carbons (Fsp3) is 0.353. The molecule has 0 saturated heterocycles. The first-order valence-corrected chi connectivity index (χ1v) is 7.83. The van der Waals surface area contributed by atoms with Crippen molar-refractivity contribution in [1.82, 2.24) is 19.7 Å². The molecule has 3 rings (SSSR count). The van der Waals surface area contributed by atoms with Gasteiger partial charge in [-0.05, 0) is 30.2 Å². The third-order valence-corrected chi connectivity index (χ3v) is 3.65. The highest BCUT2D eigenvalue weighted by Crippen LogP contribution is 2.27. The fourth-order valence-electron chi connectivity index (χ4n) is 2.47. The van der Waals surface area contributed by atoms with Crippen LogP contribution in [-0.2, 0) is 11.3 Å². The molecule has 0 unspecified atom stereocenters. The molecule has 23 heavy (non-hydrogen) atoms. The maximum absolute atomic E-state index is 5.16. The predicted molar refractivity (Wildman–Crippen MR) is 91.4 cm³/mol. The van der Waals surface area contributed by atoms with E-state index >= 15 is 0 Å². The molecule has 0 atom stereocenters. The van der Waals surface area contributed by atoms with Crippen LogP contribution in [-0.4, -0.2) is 40.0 Å². The van der Waals surface area contributed by atoms with Gasteiger partial charge in [0.1, 0.15) is 0 Å². The lowest BCUT2D eigenvalue weighted by Gasteiger charge is -2.03. The van der Waals surface area contributed by atoms with E-state index in [0.29, 0.717) is 13.2 Å². The van der Waals surface area contributed by atoms with Gasteiger partial charge in [-0.15, -0.1) is 0 Å². The Balaban J connectivity index is 2.04. The van der Waals surface area contributed by atoms with Gasteiger partial charge in [0.15, 0.2) is 11.5 Å². The molecule has 0 aliphatic rings. The quantitative estimate of drug-likeness (QED) is 0.726. The Morgan fingerprint density at radius 1 is 1.22 bits per heavy atom. The molecule has 0 amide bonds. The molecule has 6 heteroatoms. The van der Waals surface area contributed by atoms with Crippen molar-refractivity contribution in [3.8, 4) is 11.1 Å². The number of aromatic nitrogens is 4. The average molecular weight is 311 g/mol. The summed E-state index contributed by atoms with van der Waals surface area (Å²) >= 11 is 0. The van der Waals surface area contributed by atoms with Crippen molar-refractivity contribution in [3.05, 3.63) is 36.8 Å². The summed E-state index contributed by atoms with van der Waals surface area (Å²) in [5.41, 5.74) is 3.03. The maximum Gasteiger partial charge on any atom is 0.160 e. The standard InChI is InChI=1S/C17H21N5O/c1-3-6-19-16-15-11-14(13-4-7-18-8-5-13)12-20-17(15)22(21-16)9-10-23-2/h4-5,7-8,11-12H,3,6,9-10H2,1-2H3,(H,19,21). The van der Waals surface area contributed by atoms with Gasteiger partial charge in [-0.3, -0.25) is 4.98 Å². The topological polar surface area (TPSA) is 64.9 Å². The largest absolute Gasteiger partial charge is 0.383 e. The molecular weight excluding hydrogens is 290 g/mol. The van der Waals surface area contributed by atoms with Crippen LogP contribution in [0.3, 0.4) is 0 Å². The lowest BCUT2D eigenvalue weighted by atomic mass is 10.1. The number of rotatable bonds is 7. The van der Waals surface area contributed by atoms with Gasteiger partial charge in [-0.1, -0.05) is 6.92 Å². The second kappa shape index (κ2) is 7.19. The van der Waals surface area contributed by atoms with Crippen LogP contribution in [0.1, 0.15) is 13.3 Å². The Kier molecular flexibility index (Phi) is 4.83. The molecule has 3 aromatic heterocycles. The minimum Gasteiger partial charge on any atom is -0.383 e. The lowest BCUT2D eigenvalue weighted by molar-refractivity contribution is 0.185. The van der Waals surface area contributed by atoms with Gasteiger partial charge in [-0.25, -0.2) is 9.67 Å². The highest BCUT2D eigenvalue weighted by atomic mass is 16.5. The molecule has 120 valence electrons. The molecule has 0 bridgehead atoms. The van der Waals surface area contributed by atoms with E-state index in [1.54, 1.807) is 19.5 Å². The maximum atomic E-state index is 5.16. The Labute approximate surface area is 135 Å². The predicted octanol–water partition coefficient (Wildman–Crippen LogP) is 2.96. The number of anilines is 1. The van der Waals surface area contributed by atoms with E-state index in [4.69, 9.17) is 4.74 Å². The molecule has 3 aromatic rings. The third kappa shape index (κ3) is 3.32. The number of hydrogen-bond donors (Lipinski definition) is 1. The smallest absolute Gasteiger partial charge is 0.160 e. The molecule has 6 nitrogen and oxygen atoms in total. The number of fused-ring (bicyclic) bond motifs is 1. The van der Waals surface area contributed by atoms with E-state index in [2.05, 4.69) is 33.4 Å². The van der Waals surface area contributed by atoms with E-state index in [1.807, 2.05) is 23.0 Å². The Hall–Kier alpha value is -2.47. The minimum absolute atomic E-state index is 0.609. The van der Waals surface area contributed by atoms with Gasteiger partial charge >= 0.3 is 0 Å². The van der Waals surface area contributed by atoms with Crippen LogP contribution in [0.4, 0.5) is 5.82 Å². The normalized spacial score (nSPS) is 11.0. The van der Waals surface area contributed by atoms with Crippen molar-refractivity contribution in [3.63, 3.8) is 0 Å². The van der Waals surface area contributed by atoms with Gasteiger partial charge in [0.25, 0.3) is 0 Å². The fourth-order valence-corrected chi connectivity index (χ4v) is 2.47. The summed E-state index contributed by atoms with van der Waals surface area (Å²) in [6.45, 7) is 4.31. The minimum atomic E-state index is 0.609. The summed E-state index contributed by atoms with van der Waals surface area (Å²) in [5, 5.41) is 9.07. The van der Waals surface area contributed by atoms with Crippen LogP contribution in [0.2, 0.25) is 0 Å². The van der Waals surface area contributed by atoms with Crippen LogP contribution in [0.25, 0.3) is 22.2 Å². The van der Waals surface area contributed by atoms with E-state index in [-0.39, 0.29) is 0 Å². The highest BCUT2D eigenvalue weighted by Gasteiger charge is 2.12. The first-order chi connectivity index (χ1) is 11.3. The van der Waals surface area contributed by atoms with Crippen molar-refractivity contribution < 1.29 is 4.74 Å². The number of hydrogen-bond acceptors (Lipinski definition) is 5. The van der Waals surface area contributed by atoms with Crippen LogP contribution in [0.15, 0.2) is 36.8 Å². The Morgan fingerprint density at radius 2 is 2.04 bits per heavy atom. The summed E-state index contributed by atoms with van der Waals surface area (Å²) in [6.07, 6.45) is 6.51. The van der Waals surface area contributed by atoms with Crippen molar-refractivity contribution in [2.75, 3.05) is 25.6 Å². The van der Waals surface area contributed by atoms with Gasteiger partial charge in [0, 0.05) is 37.8 Å². The van der Waals surface area contributed by atoms with Crippen molar-refractivity contribution >= 4 is 16.9 Å². The van der Waals surface area contributed by atoms with Crippen molar-refractivity contribution in [1.29, 1.82) is 0 Å². The van der Waals surface area contributed by atoms with Gasteiger partial charge in [0.05, 0.1) is 18.5 Å². The number of methoxy groups -OCH3 is 1. The summed E-state index contributed by atoms with van der Waals surface area (Å²) in [4.78, 5) is 8.69. The zero-order valence-corrected chi connectivity index (χ0v) is 13.5. The van der Waals surface area contributed by atoms with E-state index in [9.17, 15) is 0 Å². The van der Waals surface area contributed by atoms with Crippen molar-refractivity contribution in [2.24, 2.45) is 0 Å². The summed E-state index contributed by atoms with van der Waals surface area (Å²) in [6, 6.07) is 6.10. The van der Waals surface area contributed by atoms with E-state index in [1.165, 1.54) is 0 Å². The number of nitrogens with zero attached hydrogens (tertiary/aromatic N) is 4. The first-order valence-electron chi connectivity index (χ1n) is 7.83. The zero-order chi connectivity index (χ0) is 16.1. The summed E-state index contributed by atoms with van der Waals surface area (Å²) in [5.74, 6) is 0.876. The molecule has 0 fully saturated rings. The molecule has 1 N–H and O–H groups in total. The molecule has 0 aromatic carbocycles. The first kappa shape index (κ1) is 15.4. The molecule has 3 heterocycles. The number of nitrogens with one attached hydrogen (secondary N) is 1. The Bertz CT molecular complexity index is 769. The van der Waals surface area contributed by atoms with Crippen LogP contribution < -0.4 is 5.32 Å². The van der Waals surface area contributed by atoms with E-state index in [0.717, 1.165) is 40.9 Å². The highest BCUT2D eigenvalue weighted by molar-refractivity contribution is 5.90. The molecule has 0 aliphatic carbocycles. The van der Waals surface area contributed by atoms with Gasteiger partial charge < -0.3 is 10.1 Å². The van der Waals surface area contributed by atoms with Crippen molar-refractivity contribution in [2.45, 2.75) is 19.9 Å². The molecule has 0 saturated carbocycles. The SMILES string of the molecule is CCCNc1nn(CCOC)c2ncc(-c3ccncc3)cc12. The average Bonchev–Trinajstić information content (AvgIpc) is 2.96. The summed E-state index contributed by atoms with van der Waals surface area (Å²) in [7, 11) is 1.69. The summed E-state index contributed by atoms with van der Waals surface area (Å²) < 4.78 is 7.06. The molecule has 0 radical (unpaired) electrons. The van der Waals surface area contributed by atoms with Crippen LogP contribution in [0.5, 0.6) is 0 Å². The zero-order valence-electron chi connectivity index (χ0n) is 13.5. The molecule has 0 spiro atoms. The van der Waals surface area contributed by atoms with Crippen LogP contribution in [0, 0.1) is 0 Å². The molecule has 0 aliphatic heterocycles. The lowest BCUT2D eigenvalue weighted by Crippen LogP contribution is -2.07. The third-order valence-electron chi connectivity index (χ3n) is 3.65. The second-order valence-corrected chi connectivity index (χ2v) is 5.32. The van der Waals surface area contributed by atoms with Gasteiger partial charge in [-0.2, -0.15) is 5.10 Å². The number of ether oxygens (including phenoxy) is 1.